The molecule has 0 saturated carbocycles. The van der Waals surface area contributed by atoms with Crippen molar-refractivity contribution < 1.29 is 18.3 Å². The second-order valence-corrected chi connectivity index (χ2v) is 6.30. The molecule has 0 spiro atoms. The third-order valence-electron chi connectivity index (χ3n) is 4.31. The molecule has 1 aromatic carbocycles. The summed E-state index contributed by atoms with van der Waals surface area (Å²) < 4.78 is 43.5. The molecule has 138 valence electrons. The number of aromatic nitrogens is 3. The SMILES string of the molecule is CC(C1=C(F)C(Cl)N=CN1)C(O)(Cn1cncn1)c1ccc(F)cc1F. The van der Waals surface area contributed by atoms with Gasteiger partial charge >= 0.3 is 0 Å². The lowest BCUT2D eigenvalue weighted by Gasteiger charge is -2.37. The van der Waals surface area contributed by atoms with Crippen molar-refractivity contribution in [2.24, 2.45) is 10.9 Å². The van der Waals surface area contributed by atoms with Crippen LogP contribution in [0.5, 0.6) is 0 Å². The summed E-state index contributed by atoms with van der Waals surface area (Å²) in [7, 11) is 0. The minimum Gasteiger partial charge on any atom is -0.382 e. The number of hydrogen-bond acceptors (Lipinski definition) is 5. The molecule has 2 N–H and O–H groups in total. The molecular formula is C16H15ClF3N5O. The van der Waals surface area contributed by atoms with Crippen molar-refractivity contribution >= 4 is 17.9 Å². The Morgan fingerprint density at radius 2 is 2.15 bits per heavy atom. The molecule has 0 fully saturated rings. The molecule has 0 bridgehead atoms. The number of nitrogens with zero attached hydrogens (tertiary/aromatic N) is 4. The zero-order valence-corrected chi connectivity index (χ0v) is 14.3. The van der Waals surface area contributed by atoms with E-state index in [-0.39, 0.29) is 17.8 Å². The molecule has 3 atom stereocenters. The van der Waals surface area contributed by atoms with E-state index >= 15 is 0 Å². The summed E-state index contributed by atoms with van der Waals surface area (Å²) in [4.78, 5) is 7.45. The third kappa shape index (κ3) is 3.32. The Bertz CT molecular complexity index is 858. The molecule has 3 rings (SSSR count). The smallest absolute Gasteiger partial charge is 0.178 e. The summed E-state index contributed by atoms with van der Waals surface area (Å²) in [6.45, 7) is 1.24. The number of aliphatic hydroxyl groups is 1. The molecule has 10 heteroatoms. The molecule has 0 radical (unpaired) electrons. The van der Waals surface area contributed by atoms with Crippen LogP contribution in [0, 0.1) is 17.6 Å². The van der Waals surface area contributed by atoms with Crippen molar-refractivity contribution in [3.05, 3.63) is 59.6 Å². The van der Waals surface area contributed by atoms with Crippen molar-refractivity contribution in [1.82, 2.24) is 20.1 Å². The highest BCUT2D eigenvalue weighted by molar-refractivity contribution is 6.22. The second-order valence-electron chi connectivity index (χ2n) is 5.88. The zero-order valence-electron chi connectivity index (χ0n) is 13.6. The fourth-order valence-electron chi connectivity index (χ4n) is 2.86. The minimum absolute atomic E-state index is 0.0497. The number of nitrogens with one attached hydrogen (secondary N) is 1. The maximum absolute atomic E-state index is 14.5. The summed E-state index contributed by atoms with van der Waals surface area (Å²) in [5, 5.41) is 17.9. The maximum Gasteiger partial charge on any atom is 0.178 e. The summed E-state index contributed by atoms with van der Waals surface area (Å²) in [5.41, 5.74) is -3.49. The van der Waals surface area contributed by atoms with Crippen molar-refractivity contribution in [1.29, 1.82) is 0 Å². The highest BCUT2D eigenvalue weighted by atomic mass is 35.5. The molecule has 3 unspecified atom stereocenters. The van der Waals surface area contributed by atoms with E-state index in [0.29, 0.717) is 6.07 Å². The van der Waals surface area contributed by atoms with E-state index in [2.05, 4.69) is 20.4 Å². The number of hydrogen-bond donors (Lipinski definition) is 2. The van der Waals surface area contributed by atoms with Gasteiger partial charge in [-0.3, -0.25) is 0 Å². The normalized spacial score (nSPS) is 20.6. The van der Waals surface area contributed by atoms with Crippen LogP contribution >= 0.6 is 11.6 Å². The summed E-state index contributed by atoms with van der Waals surface area (Å²) in [6, 6.07) is 2.78. The van der Waals surface area contributed by atoms with Gasteiger partial charge in [0.1, 0.15) is 29.9 Å². The zero-order chi connectivity index (χ0) is 18.9. The van der Waals surface area contributed by atoms with Gasteiger partial charge in [-0.15, -0.1) is 0 Å². The Morgan fingerprint density at radius 1 is 1.38 bits per heavy atom. The van der Waals surface area contributed by atoms with E-state index in [1.165, 1.54) is 30.6 Å². The van der Waals surface area contributed by atoms with Gasteiger partial charge in [0.2, 0.25) is 0 Å². The third-order valence-corrected chi connectivity index (χ3v) is 4.61. The monoisotopic (exact) mass is 385 g/mol. The number of benzene rings is 1. The van der Waals surface area contributed by atoms with Gasteiger partial charge in [-0.25, -0.2) is 27.8 Å². The van der Waals surface area contributed by atoms with Crippen molar-refractivity contribution in [2.45, 2.75) is 24.6 Å². The van der Waals surface area contributed by atoms with E-state index in [0.717, 1.165) is 12.1 Å². The fourth-order valence-corrected chi connectivity index (χ4v) is 3.04. The van der Waals surface area contributed by atoms with Gasteiger partial charge in [-0.1, -0.05) is 24.6 Å². The Hall–Kier alpha value is -2.39. The Morgan fingerprint density at radius 3 is 2.81 bits per heavy atom. The van der Waals surface area contributed by atoms with E-state index in [1.54, 1.807) is 0 Å². The first-order valence-electron chi connectivity index (χ1n) is 7.65. The number of aliphatic imine (C=N–C) groups is 1. The number of halogens is 4. The molecule has 2 aromatic rings. The second kappa shape index (κ2) is 7.08. The lowest BCUT2D eigenvalue weighted by molar-refractivity contribution is -0.0284. The molecule has 1 aromatic heterocycles. The van der Waals surface area contributed by atoms with E-state index in [4.69, 9.17) is 11.6 Å². The van der Waals surface area contributed by atoms with Gasteiger partial charge in [0.15, 0.2) is 11.3 Å². The molecule has 0 amide bonds. The summed E-state index contributed by atoms with van der Waals surface area (Å²) in [5.74, 6) is -3.55. The Balaban J connectivity index is 2.10. The van der Waals surface area contributed by atoms with Gasteiger partial charge in [-0.05, 0) is 6.07 Å². The summed E-state index contributed by atoms with van der Waals surface area (Å²) in [6.07, 6.45) is 3.76. The average Bonchev–Trinajstić information content (AvgIpc) is 3.09. The van der Waals surface area contributed by atoms with Crippen molar-refractivity contribution in [2.75, 3.05) is 0 Å². The van der Waals surface area contributed by atoms with Gasteiger partial charge in [0, 0.05) is 17.5 Å². The van der Waals surface area contributed by atoms with Crippen LogP contribution in [0.3, 0.4) is 0 Å². The molecule has 6 nitrogen and oxygen atoms in total. The first-order valence-corrected chi connectivity index (χ1v) is 8.08. The lowest BCUT2D eigenvalue weighted by atomic mass is 9.79. The van der Waals surface area contributed by atoms with E-state index < -0.39 is 34.5 Å². The van der Waals surface area contributed by atoms with Gasteiger partial charge in [0.25, 0.3) is 0 Å². The number of alkyl halides is 1. The van der Waals surface area contributed by atoms with Gasteiger partial charge < -0.3 is 10.4 Å². The van der Waals surface area contributed by atoms with Crippen LogP contribution in [0.15, 0.2) is 47.4 Å². The maximum atomic E-state index is 14.5. The van der Waals surface area contributed by atoms with Crippen molar-refractivity contribution in [3.63, 3.8) is 0 Å². The average molecular weight is 386 g/mol. The van der Waals surface area contributed by atoms with Crippen molar-refractivity contribution in [3.8, 4) is 0 Å². The van der Waals surface area contributed by atoms with Crippen LogP contribution in [0.2, 0.25) is 0 Å². The fraction of sp³-hybridized carbons (Fsp3) is 0.312. The summed E-state index contributed by atoms with van der Waals surface area (Å²) >= 11 is 5.79. The van der Waals surface area contributed by atoms with Gasteiger partial charge in [-0.2, -0.15) is 5.10 Å². The van der Waals surface area contributed by atoms with E-state index in [9.17, 15) is 18.3 Å². The lowest BCUT2D eigenvalue weighted by Crippen LogP contribution is -2.43. The highest BCUT2D eigenvalue weighted by Gasteiger charge is 2.43. The first-order chi connectivity index (χ1) is 12.3. The van der Waals surface area contributed by atoms with Crippen LogP contribution in [-0.2, 0) is 12.1 Å². The minimum atomic E-state index is -1.98. The van der Waals surface area contributed by atoms with E-state index in [1.807, 2.05) is 0 Å². The van der Waals surface area contributed by atoms with Crippen LogP contribution in [0.4, 0.5) is 13.2 Å². The standard InChI is InChI=1S/C16H15ClF3N5O/c1-9(14-13(20)15(17)23-7-22-14)16(26,5-25-8-21-6-24-25)11-3-2-10(18)4-12(11)19/h2-4,6-9,15,26H,5H2,1H3,(H,22,23). The van der Waals surface area contributed by atoms with Crippen LogP contribution < -0.4 is 5.32 Å². The predicted molar refractivity (Wildman–Crippen MR) is 88.8 cm³/mol. The molecule has 1 aliphatic heterocycles. The molecule has 0 aliphatic carbocycles. The number of rotatable bonds is 5. The predicted octanol–water partition coefficient (Wildman–Crippen LogP) is 2.46. The molecule has 2 heterocycles. The van der Waals surface area contributed by atoms with Gasteiger partial charge in [0.05, 0.1) is 18.6 Å². The largest absolute Gasteiger partial charge is 0.382 e. The first kappa shape index (κ1) is 18.4. The Kier molecular flexibility index (Phi) is 5.01. The van der Waals surface area contributed by atoms with Crippen LogP contribution in [0.1, 0.15) is 12.5 Å². The highest BCUT2D eigenvalue weighted by Crippen LogP contribution is 2.39. The Labute approximate surface area is 152 Å². The van der Waals surface area contributed by atoms with Crippen LogP contribution in [-0.4, -0.2) is 31.7 Å². The molecular weight excluding hydrogens is 371 g/mol. The topological polar surface area (TPSA) is 75.3 Å². The molecule has 26 heavy (non-hydrogen) atoms. The van der Waals surface area contributed by atoms with Crippen LogP contribution in [0.25, 0.3) is 0 Å². The molecule has 0 saturated heterocycles. The molecule has 1 aliphatic rings. The quantitative estimate of drug-likeness (QED) is 0.612.